The van der Waals surface area contributed by atoms with Crippen molar-refractivity contribution < 1.29 is 14.3 Å². The Hall–Kier alpha value is -1.71. The quantitative estimate of drug-likeness (QED) is 0.479. The van der Waals surface area contributed by atoms with Crippen molar-refractivity contribution in [1.82, 2.24) is 0 Å². The van der Waals surface area contributed by atoms with Crippen molar-refractivity contribution in [2.24, 2.45) is 0 Å². The third-order valence-electron chi connectivity index (χ3n) is 2.67. The molecule has 0 aliphatic heterocycles. The van der Waals surface area contributed by atoms with Crippen LogP contribution in [-0.4, -0.2) is 19.2 Å². The van der Waals surface area contributed by atoms with E-state index in [0.29, 0.717) is 18.0 Å². The van der Waals surface area contributed by atoms with Crippen molar-refractivity contribution >= 4 is 11.7 Å². The number of unbranched alkanes of at least 4 members (excludes halogenated alkanes) is 1. The van der Waals surface area contributed by atoms with Crippen LogP contribution in [-0.2, 0) is 9.53 Å². The molecular formula is C14H21NO3. The number of hydrogen-bond donors (Lipinski definition) is 1. The first kappa shape index (κ1) is 14.4. The summed E-state index contributed by atoms with van der Waals surface area (Å²) in [4.78, 5) is 11.4. The van der Waals surface area contributed by atoms with Crippen LogP contribution in [0.15, 0.2) is 12.1 Å². The molecule has 4 heteroatoms. The van der Waals surface area contributed by atoms with Crippen molar-refractivity contribution in [3.05, 3.63) is 23.3 Å². The predicted octanol–water partition coefficient (Wildman–Crippen LogP) is 2.61. The van der Waals surface area contributed by atoms with E-state index in [1.54, 1.807) is 6.07 Å². The van der Waals surface area contributed by atoms with E-state index in [1.165, 1.54) is 0 Å². The maximum atomic E-state index is 11.4. The summed E-state index contributed by atoms with van der Waals surface area (Å²) in [6.07, 6.45) is 1.88. The van der Waals surface area contributed by atoms with Crippen LogP contribution < -0.4 is 10.5 Å². The van der Waals surface area contributed by atoms with E-state index in [2.05, 4.69) is 0 Å². The van der Waals surface area contributed by atoms with E-state index < -0.39 is 0 Å². The van der Waals surface area contributed by atoms with E-state index in [0.717, 1.165) is 24.0 Å². The molecule has 0 saturated heterocycles. The van der Waals surface area contributed by atoms with E-state index in [4.69, 9.17) is 15.2 Å². The zero-order valence-corrected chi connectivity index (χ0v) is 11.3. The number of nitrogens with two attached hydrogens (primary N) is 1. The molecule has 0 bridgehead atoms. The molecule has 0 aromatic heterocycles. The highest BCUT2D eigenvalue weighted by atomic mass is 16.6. The minimum Gasteiger partial charge on any atom is -0.482 e. The number of benzene rings is 1. The molecule has 0 saturated carbocycles. The Morgan fingerprint density at radius 3 is 2.67 bits per heavy atom. The number of hydrogen-bond acceptors (Lipinski definition) is 4. The van der Waals surface area contributed by atoms with Gasteiger partial charge in [-0.2, -0.15) is 0 Å². The molecule has 0 aliphatic rings. The molecule has 0 spiro atoms. The molecule has 0 atom stereocenters. The summed E-state index contributed by atoms with van der Waals surface area (Å²) < 4.78 is 10.4. The van der Waals surface area contributed by atoms with Crippen LogP contribution in [0.5, 0.6) is 5.75 Å². The Balaban J connectivity index is 2.48. The summed E-state index contributed by atoms with van der Waals surface area (Å²) in [7, 11) is 0. The first-order valence-corrected chi connectivity index (χ1v) is 6.19. The molecule has 100 valence electrons. The fourth-order valence-corrected chi connectivity index (χ4v) is 1.51. The van der Waals surface area contributed by atoms with Crippen LogP contribution >= 0.6 is 0 Å². The lowest BCUT2D eigenvalue weighted by atomic mass is 10.1. The molecule has 0 radical (unpaired) electrons. The van der Waals surface area contributed by atoms with Gasteiger partial charge in [0.05, 0.1) is 6.61 Å². The van der Waals surface area contributed by atoms with Gasteiger partial charge in [-0.15, -0.1) is 0 Å². The molecule has 0 heterocycles. The molecule has 4 nitrogen and oxygen atoms in total. The number of carbonyl (C=O) groups is 1. The standard InChI is InChI=1S/C14H21NO3/c1-4-5-6-17-14(16)9-18-13-8-12(15)10(2)7-11(13)3/h7-8H,4-6,9,15H2,1-3H3. The number of carbonyl (C=O) groups excluding carboxylic acids is 1. The van der Waals surface area contributed by atoms with Crippen molar-refractivity contribution in [2.45, 2.75) is 33.6 Å². The Morgan fingerprint density at radius 2 is 2.00 bits per heavy atom. The Bertz CT molecular complexity index is 416. The lowest BCUT2D eigenvalue weighted by Gasteiger charge is -2.11. The molecule has 1 aromatic carbocycles. The monoisotopic (exact) mass is 251 g/mol. The summed E-state index contributed by atoms with van der Waals surface area (Å²) in [6.45, 7) is 6.28. The molecule has 0 fully saturated rings. The van der Waals surface area contributed by atoms with Gasteiger partial charge in [0.2, 0.25) is 0 Å². The van der Waals surface area contributed by atoms with Gasteiger partial charge in [-0.3, -0.25) is 0 Å². The van der Waals surface area contributed by atoms with Gasteiger partial charge in [-0.25, -0.2) is 4.79 Å². The highest BCUT2D eigenvalue weighted by Crippen LogP contribution is 2.24. The van der Waals surface area contributed by atoms with Gasteiger partial charge in [0.25, 0.3) is 0 Å². The average molecular weight is 251 g/mol. The average Bonchev–Trinajstić information content (AvgIpc) is 2.32. The SMILES string of the molecule is CCCCOC(=O)COc1cc(N)c(C)cc1C. The summed E-state index contributed by atoms with van der Waals surface area (Å²) >= 11 is 0. The van der Waals surface area contributed by atoms with E-state index in [-0.39, 0.29) is 12.6 Å². The number of aryl methyl sites for hydroxylation is 2. The van der Waals surface area contributed by atoms with Crippen molar-refractivity contribution in [3.63, 3.8) is 0 Å². The Kier molecular flexibility index (Phi) is 5.49. The maximum Gasteiger partial charge on any atom is 0.344 e. The van der Waals surface area contributed by atoms with Crippen molar-refractivity contribution in [1.29, 1.82) is 0 Å². The second kappa shape index (κ2) is 6.89. The van der Waals surface area contributed by atoms with E-state index in [1.807, 2.05) is 26.8 Å². The van der Waals surface area contributed by atoms with Crippen LogP contribution in [0.25, 0.3) is 0 Å². The summed E-state index contributed by atoms with van der Waals surface area (Å²) in [5, 5.41) is 0. The van der Waals surface area contributed by atoms with Gasteiger partial charge in [-0.05, 0) is 31.4 Å². The lowest BCUT2D eigenvalue weighted by molar-refractivity contribution is -0.146. The van der Waals surface area contributed by atoms with Gasteiger partial charge in [0, 0.05) is 11.8 Å². The fraction of sp³-hybridized carbons (Fsp3) is 0.500. The first-order chi connectivity index (χ1) is 8.54. The lowest BCUT2D eigenvalue weighted by Crippen LogP contribution is -2.16. The molecule has 1 rings (SSSR count). The topological polar surface area (TPSA) is 61.5 Å². The molecule has 0 amide bonds. The van der Waals surface area contributed by atoms with E-state index >= 15 is 0 Å². The zero-order valence-electron chi connectivity index (χ0n) is 11.3. The number of ether oxygens (including phenoxy) is 2. The predicted molar refractivity (Wildman–Crippen MR) is 71.7 cm³/mol. The summed E-state index contributed by atoms with van der Waals surface area (Å²) in [5.74, 6) is 0.285. The third-order valence-corrected chi connectivity index (χ3v) is 2.67. The van der Waals surface area contributed by atoms with Crippen LogP contribution in [0.4, 0.5) is 5.69 Å². The second-order valence-corrected chi connectivity index (χ2v) is 4.34. The van der Waals surface area contributed by atoms with Crippen LogP contribution in [0.2, 0.25) is 0 Å². The molecule has 0 aliphatic carbocycles. The fourth-order valence-electron chi connectivity index (χ4n) is 1.51. The van der Waals surface area contributed by atoms with Gasteiger partial charge < -0.3 is 15.2 Å². The van der Waals surface area contributed by atoms with Gasteiger partial charge in [-0.1, -0.05) is 19.4 Å². The Labute approximate surface area is 108 Å². The van der Waals surface area contributed by atoms with Crippen LogP contribution in [0.1, 0.15) is 30.9 Å². The molecule has 2 N–H and O–H groups in total. The zero-order chi connectivity index (χ0) is 13.5. The van der Waals surface area contributed by atoms with Crippen LogP contribution in [0, 0.1) is 13.8 Å². The van der Waals surface area contributed by atoms with Gasteiger partial charge in [0.15, 0.2) is 6.61 Å². The van der Waals surface area contributed by atoms with Crippen LogP contribution in [0.3, 0.4) is 0 Å². The third kappa shape index (κ3) is 4.28. The highest BCUT2D eigenvalue weighted by Gasteiger charge is 2.07. The minimum atomic E-state index is -0.345. The normalized spacial score (nSPS) is 10.2. The molecule has 1 aromatic rings. The molecular weight excluding hydrogens is 230 g/mol. The van der Waals surface area contributed by atoms with E-state index in [9.17, 15) is 4.79 Å². The molecule has 18 heavy (non-hydrogen) atoms. The second-order valence-electron chi connectivity index (χ2n) is 4.34. The van der Waals surface area contributed by atoms with Gasteiger partial charge >= 0.3 is 5.97 Å². The number of rotatable bonds is 6. The number of esters is 1. The molecule has 0 unspecified atom stereocenters. The summed E-state index contributed by atoms with van der Waals surface area (Å²) in [5.41, 5.74) is 8.43. The first-order valence-electron chi connectivity index (χ1n) is 6.19. The minimum absolute atomic E-state index is 0.0763. The Morgan fingerprint density at radius 1 is 1.28 bits per heavy atom. The number of anilines is 1. The van der Waals surface area contributed by atoms with Crippen molar-refractivity contribution in [3.8, 4) is 5.75 Å². The number of nitrogen functional groups attached to an aromatic ring is 1. The summed E-state index contributed by atoms with van der Waals surface area (Å²) in [6, 6.07) is 3.68. The smallest absolute Gasteiger partial charge is 0.344 e. The largest absolute Gasteiger partial charge is 0.482 e. The van der Waals surface area contributed by atoms with Crippen molar-refractivity contribution in [2.75, 3.05) is 18.9 Å². The van der Waals surface area contributed by atoms with Gasteiger partial charge in [0.1, 0.15) is 5.75 Å². The highest BCUT2D eigenvalue weighted by molar-refractivity contribution is 5.71. The maximum absolute atomic E-state index is 11.4.